The molecule has 0 radical (unpaired) electrons. The predicted molar refractivity (Wildman–Crippen MR) is 111 cm³/mol. The van der Waals surface area contributed by atoms with E-state index in [0.29, 0.717) is 0 Å². The normalized spacial score (nSPS) is 17.0. The predicted octanol–water partition coefficient (Wildman–Crippen LogP) is 4.67. The second-order valence-corrected chi connectivity index (χ2v) is 7.79. The molecule has 1 saturated heterocycles. The second-order valence-electron chi connectivity index (χ2n) is 7.79. The Morgan fingerprint density at radius 1 is 0.731 bits per heavy atom. The Balaban J connectivity index is 1.40. The van der Waals surface area contributed by atoms with Gasteiger partial charge in [0.1, 0.15) is 0 Å². The van der Waals surface area contributed by atoms with Crippen LogP contribution in [0.4, 0.5) is 0 Å². The molecule has 1 heterocycles. The summed E-state index contributed by atoms with van der Waals surface area (Å²) in [5.74, 6) is 0. The zero-order valence-corrected chi connectivity index (χ0v) is 15.5. The van der Waals surface area contributed by atoms with Gasteiger partial charge in [-0.15, -0.1) is 0 Å². The van der Waals surface area contributed by atoms with E-state index >= 15 is 0 Å². The first kappa shape index (κ1) is 16.0. The minimum absolute atomic E-state index is 1.17. The van der Waals surface area contributed by atoms with Crippen LogP contribution in [0, 0.1) is 0 Å². The van der Waals surface area contributed by atoms with Crippen molar-refractivity contribution in [3.8, 4) is 22.3 Å². The summed E-state index contributed by atoms with van der Waals surface area (Å²) in [4.78, 5) is 5.05. The van der Waals surface area contributed by atoms with Crippen LogP contribution in [0.2, 0.25) is 0 Å². The summed E-state index contributed by atoms with van der Waals surface area (Å²) < 4.78 is 0. The van der Waals surface area contributed by atoms with Crippen molar-refractivity contribution in [2.75, 3.05) is 39.8 Å². The third-order valence-electron chi connectivity index (χ3n) is 6.15. The van der Waals surface area contributed by atoms with E-state index in [2.05, 4.69) is 71.4 Å². The lowest BCUT2D eigenvalue weighted by Crippen LogP contribution is -2.44. The Labute approximate surface area is 156 Å². The van der Waals surface area contributed by atoms with Gasteiger partial charge in [-0.1, -0.05) is 54.6 Å². The Morgan fingerprint density at radius 2 is 1.42 bits per heavy atom. The quantitative estimate of drug-likeness (QED) is 0.532. The Bertz CT molecular complexity index is 922. The van der Waals surface area contributed by atoms with Gasteiger partial charge in [0.15, 0.2) is 0 Å². The van der Waals surface area contributed by atoms with E-state index < -0.39 is 0 Å². The standard InChI is InChI=1S/C24H26N2/c1-25-14-16-26(17-15-25)13-5-6-18-11-12-23-21-8-3-2-7-20(21)22-10-4-9-19(18)24(22)23/h2-4,7-12H,5-6,13-17H2,1H3. The molecule has 0 spiro atoms. The van der Waals surface area contributed by atoms with Gasteiger partial charge >= 0.3 is 0 Å². The maximum Gasteiger partial charge on any atom is 0.0110 e. The van der Waals surface area contributed by atoms with E-state index in [4.69, 9.17) is 0 Å². The van der Waals surface area contributed by atoms with E-state index in [1.54, 1.807) is 0 Å². The largest absolute Gasteiger partial charge is 0.304 e. The van der Waals surface area contributed by atoms with Gasteiger partial charge in [0.2, 0.25) is 0 Å². The van der Waals surface area contributed by atoms with Gasteiger partial charge < -0.3 is 9.80 Å². The first-order chi connectivity index (χ1) is 12.8. The van der Waals surface area contributed by atoms with Gasteiger partial charge in [0, 0.05) is 26.2 Å². The molecule has 0 saturated carbocycles. The van der Waals surface area contributed by atoms with Gasteiger partial charge in [0.05, 0.1) is 0 Å². The molecule has 2 aliphatic rings. The SMILES string of the molecule is CN1CCN(CCCc2ccc3c4c(cccc24)-c2ccccc2-3)CC1. The molecular formula is C24H26N2. The molecule has 0 N–H and O–H groups in total. The van der Waals surface area contributed by atoms with Crippen molar-refractivity contribution in [1.82, 2.24) is 9.80 Å². The number of aryl methyl sites for hydroxylation is 1. The highest BCUT2D eigenvalue weighted by Gasteiger charge is 2.21. The molecule has 0 amide bonds. The number of hydrogen-bond acceptors (Lipinski definition) is 2. The van der Waals surface area contributed by atoms with E-state index in [1.165, 1.54) is 84.2 Å². The molecule has 0 atom stereocenters. The van der Waals surface area contributed by atoms with Crippen LogP contribution in [-0.2, 0) is 6.42 Å². The summed E-state index contributed by atoms with van der Waals surface area (Å²) >= 11 is 0. The molecule has 0 unspecified atom stereocenters. The van der Waals surface area contributed by atoms with Crippen molar-refractivity contribution in [1.29, 1.82) is 0 Å². The number of fused-ring (bicyclic) bond motifs is 3. The monoisotopic (exact) mass is 342 g/mol. The molecule has 3 aromatic carbocycles. The van der Waals surface area contributed by atoms with E-state index in [9.17, 15) is 0 Å². The molecule has 3 aromatic rings. The number of likely N-dealkylation sites (N-methyl/N-ethyl adjacent to an activating group) is 1. The van der Waals surface area contributed by atoms with Crippen molar-refractivity contribution in [2.45, 2.75) is 12.8 Å². The van der Waals surface area contributed by atoms with Crippen LogP contribution in [0.1, 0.15) is 12.0 Å². The summed E-state index contributed by atoms with van der Waals surface area (Å²) in [6.45, 7) is 6.07. The Hall–Kier alpha value is -2.16. The fraction of sp³-hybridized carbons (Fsp3) is 0.333. The van der Waals surface area contributed by atoms with Crippen molar-refractivity contribution in [2.24, 2.45) is 0 Å². The maximum absolute atomic E-state index is 2.62. The van der Waals surface area contributed by atoms with Crippen LogP contribution in [0.25, 0.3) is 33.0 Å². The van der Waals surface area contributed by atoms with Gasteiger partial charge in [-0.3, -0.25) is 0 Å². The molecule has 0 aromatic heterocycles. The van der Waals surface area contributed by atoms with Crippen LogP contribution in [0.3, 0.4) is 0 Å². The molecule has 0 bridgehead atoms. The van der Waals surface area contributed by atoms with Crippen LogP contribution >= 0.6 is 0 Å². The minimum atomic E-state index is 1.17. The smallest absolute Gasteiger partial charge is 0.0110 e. The van der Waals surface area contributed by atoms with E-state index in [0.717, 1.165) is 0 Å². The minimum Gasteiger partial charge on any atom is -0.304 e. The van der Waals surface area contributed by atoms with Gasteiger partial charge in [-0.25, -0.2) is 0 Å². The molecule has 1 aliphatic carbocycles. The lowest BCUT2D eigenvalue weighted by Gasteiger charge is -2.32. The number of piperazine rings is 1. The first-order valence-electron chi connectivity index (χ1n) is 9.86. The molecule has 2 nitrogen and oxygen atoms in total. The first-order valence-corrected chi connectivity index (χ1v) is 9.86. The zero-order chi connectivity index (χ0) is 17.5. The molecule has 2 heteroatoms. The van der Waals surface area contributed by atoms with Gasteiger partial charge in [-0.2, -0.15) is 0 Å². The molecule has 1 aliphatic heterocycles. The number of rotatable bonds is 4. The zero-order valence-electron chi connectivity index (χ0n) is 15.5. The van der Waals surface area contributed by atoms with Crippen LogP contribution in [0.15, 0.2) is 54.6 Å². The molecule has 132 valence electrons. The van der Waals surface area contributed by atoms with E-state index in [-0.39, 0.29) is 0 Å². The highest BCUT2D eigenvalue weighted by atomic mass is 15.2. The van der Waals surface area contributed by atoms with Crippen LogP contribution in [0.5, 0.6) is 0 Å². The van der Waals surface area contributed by atoms with Crippen molar-refractivity contribution >= 4 is 10.8 Å². The fourth-order valence-corrected chi connectivity index (χ4v) is 4.65. The number of benzene rings is 3. The third kappa shape index (κ3) is 2.65. The molecule has 1 fully saturated rings. The van der Waals surface area contributed by atoms with Gasteiger partial charge in [0.25, 0.3) is 0 Å². The number of nitrogens with zero attached hydrogens (tertiary/aromatic N) is 2. The summed E-state index contributed by atoms with van der Waals surface area (Å²) in [6.07, 6.45) is 2.41. The second kappa shape index (κ2) is 6.53. The lowest BCUT2D eigenvalue weighted by molar-refractivity contribution is 0.153. The summed E-state index contributed by atoms with van der Waals surface area (Å²) in [6, 6.07) is 20.4. The highest BCUT2D eigenvalue weighted by molar-refractivity contribution is 6.15. The topological polar surface area (TPSA) is 6.48 Å². The summed E-state index contributed by atoms with van der Waals surface area (Å²) in [5, 5.41) is 2.92. The van der Waals surface area contributed by atoms with Crippen molar-refractivity contribution < 1.29 is 0 Å². The van der Waals surface area contributed by atoms with Crippen LogP contribution < -0.4 is 0 Å². The van der Waals surface area contributed by atoms with Crippen molar-refractivity contribution in [3.05, 3.63) is 60.2 Å². The molecule has 26 heavy (non-hydrogen) atoms. The third-order valence-corrected chi connectivity index (χ3v) is 6.15. The molecule has 5 rings (SSSR count). The van der Waals surface area contributed by atoms with Crippen molar-refractivity contribution in [3.63, 3.8) is 0 Å². The van der Waals surface area contributed by atoms with Gasteiger partial charge in [-0.05, 0) is 65.0 Å². The highest BCUT2D eigenvalue weighted by Crippen LogP contribution is 2.47. The average molecular weight is 342 g/mol. The van der Waals surface area contributed by atoms with E-state index in [1.807, 2.05) is 0 Å². The number of hydrogen-bond donors (Lipinski definition) is 0. The fourth-order valence-electron chi connectivity index (χ4n) is 4.65. The Kier molecular flexibility index (Phi) is 4.03. The maximum atomic E-state index is 2.62. The average Bonchev–Trinajstić information content (AvgIpc) is 3.01. The summed E-state index contributed by atoms with van der Waals surface area (Å²) in [5.41, 5.74) is 7.11. The summed E-state index contributed by atoms with van der Waals surface area (Å²) in [7, 11) is 2.22. The molecular weight excluding hydrogens is 316 g/mol. The Morgan fingerprint density at radius 3 is 2.19 bits per heavy atom. The van der Waals surface area contributed by atoms with Crippen LogP contribution in [-0.4, -0.2) is 49.6 Å². The lowest BCUT2D eigenvalue weighted by atomic mass is 9.96.